The molecule has 1 saturated heterocycles. The van der Waals surface area contributed by atoms with Gasteiger partial charge in [-0.25, -0.2) is 19.3 Å². The number of benzene rings is 1. The first-order chi connectivity index (χ1) is 11.7. The van der Waals surface area contributed by atoms with E-state index in [4.69, 9.17) is 9.47 Å². The summed E-state index contributed by atoms with van der Waals surface area (Å²) in [6, 6.07) is 7.57. The molecular formula is C18H24N2O5. The first-order valence-corrected chi connectivity index (χ1v) is 8.24. The predicted octanol–water partition coefficient (Wildman–Crippen LogP) is 2.79. The minimum absolute atomic E-state index is 0.0244. The Hall–Kier alpha value is -2.57. The molecule has 1 aliphatic rings. The highest BCUT2D eigenvalue weighted by molar-refractivity contribution is 5.98. The van der Waals surface area contributed by atoms with Gasteiger partial charge < -0.3 is 14.4 Å². The van der Waals surface area contributed by atoms with Crippen LogP contribution in [0.1, 0.15) is 33.3 Å². The molecule has 0 aliphatic carbocycles. The SMILES string of the molecule is CCN1C[C@@H](C(=O)OC(C)(C)C)N(C(=O)OCc2ccccc2)C1=O. The van der Waals surface area contributed by atoms with Crippen molar-refractivity contribution in [3.05, 3.63) is 35.9 Å². The van der Waals surface area contributed by atoms with Crippen LogP contribution in [0.4, 0.5) is 9.59 Å². The number of esters is 1. The quantitative estimate of drug-likeness (QED) is 0.782. The highest BCUT2D eigenvalue weighted by atomic mass is 16.6. The number of likely N-dealkylation sites (N-methyl/N-ethyl adjacent to an activating group) is 1. The second-order valence-electron chi connectivity index (χ2n) is 6.78. The van der Waals surface area contributed by atoms with Crippen molar-refractivity contribution in [1.29, 1.82) is 0 Å². The number of hydrogen-bond donors (Lipinski definition) is 0. The summed E-state index contributed by atoms with van der Waals surface area (Å²) in [5, 5.41) is 0. The second-order valence-corrected chi connectivity index (χ2v) is 6.78. The van der Waals surface area contributed by atoms with Crippen LogP contribution in [-0.2, 0) is 20.9 Å². The van der Waals surface area contributed by atoms with Crippen LogP contribution in [0, 0.1) is 0 Å². The molecule has 136 valence electrons. The monoisotopic (exact) mass is 348 g/mol. The van der Waals surface area contributed by atoms with Crippen LogP contribution < -0.4 is 0 Å². The van der Waals surface area contributed by atoms with E-state index in [2.05, 4.69) is 0 Å². The third-order valence-corrected chi connectivity index (χ3v) is 3.64. The van der Waals surface area contributed by atoms with E-state index >= 15 is 0 Å². The van der Waals surface area contributed by atoms with E-state index in [1.165, 1.54) is 4.90 Å². The van der Waals surface area contributed by atoms with Crippen molar-refractivity contribution < 1.29 is 23.9 Å². The lowest BCUT2D eigenvalue weighted by molar-refractivity contribution is -0.159. The topological polar surface area (TPSA) is 76.2 Å². The standard InChI is InChI=1S/C18H24N2O5/c1-5-19-11-14(15(21)25-18(2,3)4)20(16(19)22)17(23)24-12-13-9-7-6-8-10-13/h6-10,14H,5,11-12H2,1-4H3/t14-/m0/s1. The van der Waals surface area contributed by atoms with Crippen LogP contribution >= 0.6 is 0 Å². The van der Waals surface area contributed by atoms with E-state index < -0.39 is 29.7 Å². The molecule has 0 spiro atoms. The number of carbonyl (C=O) groups is 3. The van der Waals surface area contributed by atoms with Crippen molar-refractivity contribution in [2.24, 2.45) is 0 Å². The third-order valence-electron chi connectivity index (χ3n) is 3.64. The lowest BCUT2D eigenvalue weighted by Crippen LogP contribution is -2.46. The number of amides is 3. The van der Waals surface area contributed by atoms with Crippen LogP contribution in [-0.4, -0.2) is 52.6 Å². The molecule has 7 heteroatoms. The molecule has 25 heavy (non-hydrogen) atoms. The molecule has 0 bridgehead atoms. The lowest BCUT2D eigenvalue weighted by Gasteiger charge is -2.24. The Balaban J connectivity index is 2.11. The van der Waals surface area contributed by atoms with Crippen LogP contribution in [0.2, 0.25) is 0 Å². The number of carbonyl (C=O) groups excluding carboxylic acids is 3. The maximum atomic E-state index is 12.4. The highest BCUT2D eigenvalue weighted by Crippen LogP contribution is 2.21. The Bertz CT molecular complexity index is 639. The summed E-state index contributed by atoms with van der Waals surface area (Å²) in [5.41, 5.74) is 0.0861. The maximum absolute atomic E-state index is 12.4. The normalized spacial score (nSPS) is 17.6. The molecule has 0 unspecified atom stereocenters. The smallest absolute Gasteiger partial charge is 0.419 e. The number of hydrogen-bond acceptors (Lipinski definition) is 5. The maximum Gasteiger partial charge on any atom is 0.419 e. The molecule has 0 radical (unpaired) electrons. The van der Waals surface area contributed by atoms with Crippen molar-refractivity contribution in [1.82, 2.24) is 9.80 Å². The van der Waals surface area contributed by atoms with Crippen molar-refractivity contribution in [3.8, 4) is 0 Å². The van der Waals surface area contributed by atoms with Crippen molar-refractivity contribution >= 4 is 18.1 Å². The lowest BCUT2D eigenvalue weighted by atomic mass is 10.2. The third kappa shape index (κ3) is 4.71. The van der Waals surface area contributed by atoms with Gasteiger partial charge in [0.2, 0.25) is 0 Å². The summed E-state index contributed by atoms with van der Waals surface area (Å²) in [7, 11) is 0. The van der Waals surface area contributed by atoms with Crippen molar-refractivity contribution in [2.75, 3.05) is 13.1 Å². The number of imide groups is 1. The van der Waals surface area contributed by atoms with E-state index in [-0.39, 0.29) is 13.2 Å². The van der Waals surface area contributed by atoms with Crippen LogP contribution in [0.3, 0.4) is 0 Å². The van der Waals surface area contributed by atoms with Gasteiger partial charge in [0.25, 0.3) is 0 Å². The minimum atomic E-state index is -1.00. The molecule has 0 saturated carbocycles. The summed E-state index contributed by atoms with van der Waals surface area (Å²) in [6.07, 6.45) is -0.847. The van der Waals surface area contributed by atoms with Gasteiger partial charge in [-0.05, 0) is 33.3 Å². The van der Waals surface area contributed by atoms with Crippen molar-refractivity contribution in [2.45, 2.75) is 45.9 Å². The average molecular weight is 348 g/mol. The Morgan fingerprint density at radius 3 is 2.40 bits per heavy atom. The van der Waals surface area contributed by atoms with E-state index in [0.29, 0.717) is 6.54 Å². The van der Waals surface area contributed by atoms with E-state index in [0.717, 1.165) is 10.5 Å². The molecule has 3 amide bonds. The van der Waals surface area contributed by atoms with Crippen LogP contribution in [0.5, 0.6) is 0 Å². The second kappa shape index (κ2) is 7.55. The molecule has 7 nitrogen and oxygen atoms in total. The van der Waals surface area contributed by atoms with Crippen molar-refractivity contribution in [3.63, 3.8) is 0 Å². The molecule has 1 aromatic carbocycles. The molecule has 0 aromatic heterocycles. The summed E-state index contributed by atoms with van der Waals surface area (Å²) >= 11 is 0. The molecule has 0 N–H and O–H groups in total. The van der Waals surface area contributed by atoms with Gasteiger partial charge in [-0.1, -0.05) is 30.3 Å². The molecule has 1 heterocycles. The largest absolute Gasteiger partial charge is 0.458 e. The number of nitrogens with zero attached hydrogens (tertiary/aromatic N) is 2. The van der Waals surface area contributed by atoms with Gasteiger partial charge in [0.15, 0.2) is 6.04 Å². The van der Waals surface area contributed by atoms with Gasteiger partial charge >= 0.3 is 18.1 Å². The first kappa shape index (κ1) is 18.8. The van der Waals surface area contributed by atoms with Gasteiger partial charge in [-0.3, -0.25) is 0 Å². The van der Waals surface area contributed by atoms with Crippen LogP contribution in [0.25, 0.3) is 0 Å². The Kier molecular flexibility index (Phi) is 5.66. The number of urea groups is 1. The minimum Gasteiger partial charge on any atom is -0.458 e. The summed E-state index contributed by atoms with van der Waals surface area (Å²) in [6.45, 7) is 7.50. The van der Waals surface area contributed by atoms with Gasteiger partial charge in [0.05, 0.1) is 6.54 Å². The van der Waals surface area contributed by atoms with E-state index in [1.807, 2.05) is 30.3 Å². The zero-order chi connectivity index (χ0) is 18.6. The zero-order valence-electron chi connectivity index (χ0n) is 15.0. The summed E-state index contributed by atoms with van der Waals surface area (Å²) in [5.74, 6) is -0.617. The predicted molar refractivity (Wildman–Crippen MR) is 90.7 cm³/mol. The number of rotatable bonds is 4. The van der Waals surface area contributed by atoms with Gasteiger partial charge in [0, 0.05) is 6.54 Å². The molecule has 1 aliphatic heterocycles. The fraction of sp³-hybridized carbons (Fsp3) is 0.500. The summed E-state index contributed by atoms with van der Waals surface area (Å²) < 4.78 is 10.6. The Labute approximate surface area is 147 Å². The first-order valence-electron chi connectivity index (χ1n) is 8.24. The molecule has 1 aromatic rings. The highest BCUT2D eigenvalue weighted by Gasteiger charge is 2.47. The van der Waals surface area contributed by atoms with Gasteiger partial charge in [-0.2, -0.15) is 0 Å². The molecule has 1 atom stereocenters. The zero-order valence-corrected chi connectivity index (χ0v) is 15.0. The van der Waals surface area contributed by atoms with Gasteiger partial charge in [-0.15, -0.1) is 0 Å². The summed E-state index contributed by atoms with van der Waals surface area (Å²) in [4.78, 5) is 39.5. The van der Waals surface area contributed by atoms with Crippen LogP contribution in [0.15, 0.2) is 30.3 Å². The molecule has 2 rings (SSSR count). The fourth-order valence-corrected chi connectivity index (χ4v) is 2.46. The van der Waals surface area contributed by atoms with Gasteiger partial charge in [0.1, 0.15) is 12.2 Å². The fourth-order valence-electron chi connectivity index (χ4n) is 2.46. The Morgan fingerprint density at radius 1 is 1.20 bits per heavy atom. The molecule has 1 fully saturated rings. The molecular weight excluding hydrogens is 324 g/mol. The number of ether oxygens (including phenoxy) is 2. The Morgan fingerprint density at radius 2 is 1.84 bits per heavy atom. The van der Waals surface area contributed by atoms with E-state index in [9.17, 15) is 14.4 Å². The van der Waals surface area contributed by atoms with E-state index in [1.54, 1.807) is 27.7 Å². The average Bonchev–Trinajstić information content (AvgIpc) is 2.89.